The lowest BCUT2D eigenvalue weighted by Gasteiger charge is -2.30. The second-order valence-corrected chi connectivity index (χ2v) is 6.76. The van der Waals surface area contributed by atoms with Gasteiger partial charge in [0.25, 0.3) is 0 Å². The number of hydrogen-bond donors (Lipinski definition) is 2. The molecule has 0 radical (unpaired) electrons. The van der Waals surface area contributed by atoms with Crippen LogP contribution >= 0.6 is 15.9 Å². The average Bonchev–Trinajstić information content (AvgIpc) is 2.94. The molecule has 1 amide bonds. The molecule has 1 aliphatic carbocycles. The molecule has 1 aliphatic rings. The number of carbonyl (C=O) groups excluding carboxylic acids is 1. The Morgan fingerprint density at radius 1 is 1.35 bits per heavy atom. The van der Waals surface area contributed by atoms with Crippen LogP contribution in [0.4, 0.5) is 0 Å². The van der Waals surface area contributed by atoms with Gasteiger partial charge >= 0.3 is 0 Å². The van der Waals surface area contributed by atoms with Crippen LogP contribution in [0, 0.1) is 5.92 Å². The highest BCUT2D eigenvalue weighted by atomic mass is 79.9. The predicted octanol–water partition coefficient (Wildman–Crippen LogP) is 2.97. The zero-order chi connectivity index (χ0) is 14.6. The second-order valence-electron chi connectivity index (χ2n) is 5.85. The van der Waals surface area contributed by atoms with E-state index in [-0.39, 0.29) is 17.2 Å². The maximum atomic E-state index is 12.0. The van der Waals surface area contributed by atoms with Crippen molar-refractivity contribution in [2.45, 2.75) is 38.0 Å². The highest BCUT2D eigenvalue weighted by Gasteiger charge is 2.36. The number of nitrogens with one attached hydrogen (secondary N) is 1. The van der Waals surface area contributed by atoms with Crippen molar-refractivity contribution in [1.82, 2.24) is 5.32 Å². The predicted molar refractivity (Wildman–Crippen MR) is 85.5 cm³/mol. The number of halogens is 1. The summed E-state index contributed by atoms with van der Waals surface area (Å²) >= 11 is 3.48. The van der Waals surface area contributed by atoms with Gasteiger partial charge in [-0.25, -0.2) is 0 Å². The van der Waals surface area contributed by atoms with E-state index in [1.807, 2.05) is 6.92 Å². The summed E-state index contributed by atoms with van der Waals surface area (Å²) < 4.78 is 1.09. The zero-order valence-corrected chi connectivity index (χ0v) is 13.6. The van der Waals surface area contributed by atoms with Gasteiger partial charge in [-0.2, -0.15) is 0 Å². The first-order valence-corrected chi connectivity index (χ1v) is 8.10. The van der Waals surface area contributed by atoms with E-state index in [9.17, 15) is 4.79 Å². The summed E-state index contributed by atoms with van der Waals surface area (Å²) in [5.74, 6) is -0.0470. The topological polar surface area (TPSA) is 55.1 Å². The fourth-order valence-electron chi connectivity index (χ4n) is 2.96. The van der Waals surface area contributed by atoms with Crippen LogP contribution in [0.15, 0.2) is 28.7 Å². The van der Waals surface area contributed by atoms with Gasteiger partial charge < -0.3 is 11.1 Å². The Labute approximate surface area is 129 Å². The number of amides is 1. The molecule has 110 valence electrons. The minimum atomic E-state index is -0.113. The third kappa shape index (κ3) is 3.41. The largest absolute Gasteiger partial charge is 0.355 e. The molecule has 1 unspecified atom stereocenters. The Bertz CT molecular complexity index is 452. The van der Waals surface area contributed by atoms with Gasteiger partial charge in [0.05, 0.1) is 0 Å². The smallest absolute Gasteiger partial charge is 0.224 e. The monoisotopic (exact) mass is 338 g/mol. The minimum absolute atomic E-state index is 0.0656. The van der Waals surface area contributed by atoms with E-state index in [0.717, 1.165) is 23.9 Å². The number of hydrogen-bond acceptors (Lipinski definition) is 2. The van der Waals surface area contributed by atoms with Crippen LogP contribution in [-0.2, 0) is 10.2 Å². The van der Waals surface area contributed by atoms with E-state index in [1.54, 1.807) is 0 Å². The molecule has 1 aromatic rings. The minimum Gasteiger partial charge on any atom is -0.355 e. The first kappa shape index (κ1) is 15.5. The van der Waals surface area contributed by atoms with Crippen LogP contribution in [0.5, 0.6) is 0 Å². The lowest BCUT2D eigenvalue weighted by molar-refractivity contribution is -0.124. The second kappa shape index (κ2) is 6.72. The van der Waals surface area contributed by atoms with E-state index in [0.29, 0.717) is 6.54 Å². The van der Waals surface area contributed by atoms with Gasteiger partial charge in [-0.05, 0) is 30.5 Å². The van der Waals surface area contributed by atoms with E-state index in [2.05, 4.69) is 45.5 Å². The molecule has 20 heavy (non-hydrogen) atoms. The zero-order valence-electron chi connectivity index (χ0n) is 12.0. The van der Waals surface area contributed by atoms with Crippen molar-refractivity contribution in [1.29, 1.82) is 0 Å². The fourth-order valence-corrected chi connectivity index (χ4v) is 3.22. The molecule has 1 aromatic carbocycles. The fraction of sp³-hybridized carbons (Fsp3) is 0.562. The molecule has 0 heterocycles. The van der Waals surface area contributed by atoms with Gasteiger partial charge in [0.1, 0.15) is 0 Å². The first-order valence-electron chi connectivity index (χ1n) is 7.31. The van der Waals surface area contributed by atoms with Crippen LogP contribution in [0.3, 0.4) is 0 Å². The third-order valence-corrected chi connectivity index (χ3v) is 4.95. The Hall–Kier alpha value is -0.870. The average molecular weight is 339 g/mol. The SMILES string of the molecule is CC(CN)C(=O)NCC1(c2ccc(Br)cc2)CCCC1. The van der Waals surface area contributed by atoms with Crippen molar-refractivity contribution in [2.75, 3.05) is 13.1 Å². The standard InChI is InChI=1S/C16H23BrN2O/c1-12(10-18)15(20)19-11-16(8-2-3-9-16)13-4-6-14(17)7-5-13/h4-7,12H,2-3,8-11,18H2,1H3,(H,19,20). The number of carbonyl (C=O) groups is 1. The van der Waals surface area contributed by atoms with Crippen LogP contribution in [0.1, 0.15) is 38.2 Å². The van der Waals surface area contributed by atoms with Gasteiger partial charge in [-0.15, -0.1) is 0 Å². The molecule has 3 nitrogen and oxygen atoms in total. The van der Waals surface area contributed by atoms with Gasteiger partial charge in [0.2, 0.25) is 5.91 Å². The van der Waals surface area contributed by atoms with Crippen LogP contribution < -0.4 is 11.1 Å². The van der Waals surface area contributed by atoms with E-state index in [1.165, 1.54) is 18.4 Å². The van der Waals surface area contributed by atoms with Crippen LogP contribution in [0.25, 0.3) is 0 Å². The molecule has 3 N–H and O–H groups in total. The van der Waals surface area contributed by atoms with Crippen LogP contribution in [-0.4, -0.2) is 19.0 Å². The number of rotatable bonds is 5. The Morgan fingerprint density at radius 2 is 1.95 bits per heavy atom. The van der Waals surface area contributed by atoms with Gasteiger partial charge in [0.15, 0.2) is 0 Å². The molecule has 1 fully saturated rings. The summed E-state index contributed by atoms with van der Waals surface area (Å²) in [6, 6.07) is 8.52. The molecule has 1 atom stereocenters. The van der Waals surface area contributed by atoms with Crippen molar-refractivity contribution in [3.8, 4) is 0 Å². The molecule has 2 rings (SSSR count). The van der Waals surface area contributed by atoms with Gasteiger partial charge in [-0.1, -0.05) is 47.8 Å². The van der Waals surface area contributed by atoms with Crippen molar-refractivity contribution in [3.63, 3.8) is 0 Å². The first-order chi connectivity index (χ1) is 9.57. The van der Waals surface area contributed by atoms with Crippen LogP contribution in [0.2, 0.25) is 0 Å². The number of nitrogens with two attached hydrogens (primary N) is 1. The molecule has 0 spiro atoms. The Balaban J connectivity index is 2.10. The summed E-state index contributed by atoms with van der Waals surface area (Å²) in [6.07, 6.45) is 4.76. The molecule has 1 saturated carbocycles. The Morgan fingerprint density at radius 3 is 2.50 bits per heavy atom. The van der Waals surface area contributed by atoms with E-state index in [4.69, 9.17) is 5.73 Å². The van der Waals surface area contributed by atoms with Crippen molar-refractivity contribution in [3.05, 3.63) is 34.3 Å². The number of benzene rings is 1. The molecule has 0 aromatic heterocycles. The summed E-state index contributed by atoms with van der Waals surface area (Å²) in [7, 11) is 0. The maximum absolute atomic E-state index is 12.0. The Kier molecular flexibility index (Phi) is 5.22. The van der Waals surface area contributed by atoms with E-state index >= 15 is 0 Å². The maximum Gasteiger partial charge on any atom is 0.224 e. The highest BCUT2D eigenvalue weighted by molar-refractivity contribution is 9.10. The molecular weight excluding hydrogens is 316 g/mol. The van der Waals surface area contributed by atoms with Gasteiger partial charge in [-0.3, -0.25) is 4.79 Å². The van der Waals surface area contributed by atoms with Crippen molar-refractivity contribution >= 4 is 21.8 Å². The van der Waals surface area contributed by atoms with Crippen molar-refractivity contribution < 1.29 is 4.79 Å². The summed E-state index contributed by atoms with van der Waals surface area (Å²) in [4.78, 5) is 12.0. The highest BCUT2D eigenvalue weighted by Crippen LogP contribution is 2.40. The van der Waals surface area contributed by atoms with E-state index < -0.39 is 0 Å². The lowest BCUT2D eigenvalue weighted by atomic mass is 9.78. The molecule has 0 saturated heterocycles. The third-order valence-electron chi connectivity index (χ3n) is 4.42. The quantitative estimate of drug-likeness (QED) is 0.867. The summed E-state index contributed by atoms with van der Waals surface area (Å²) in [6.45, 7) is 2.99. The van der Waals surface area contributed by atoms with Gasteiger partial charge in [0, 0.05) is 28.9 Å². The normalized spacial score (nSPS) is 18.8. The lowest BCUT2D eigenvalue weighted by Crippen LogP contribution is -2.42. The summed E-state index contributed by atoms with van der Waals surface area (Å²) in [5.41, 5.74) is 6.99. The molecule has 0 aliphatic heterocycles. The van der Waals surface area contributed by atoms with Crippen molar-refractivity contribution in [2.24, 2.45) is 11.7 Å². The summed E-state index contributed by atoms with van der Waals surface area (Å²) in [5, 5.41) is 3.10. The molecular formula is C16H23BrN2O. The molecule has 0 bridgehead atoms. The molecule has 4 heteroatoms.